The lowest BCUT2D eigenvalue weighted by molar-refractivity contribution is -0.119. The number of methoxy groups -OCH3 is 1. The Hall–Kier alpha value is -3.16. The van der Waals surface area contributed by atoms with Gasteiger partial charge < -0.3 is 19.9 Å². The van der Waals surface area contributed by atoms with Gasteiger partial charge in [-0.05, 0) is 31.0 Å². The van der Waals surface area contributed by atoms with Gasteiger partial charge >= 0.3 is 0 Å². The van der Waals surface area contributed by atoms with Crippen molar-refractivity contribution in [2.24, 2.45) is 0 Å². The lowest BCUT2D eigenvalue weighted by atomic mass is 10.1. The average Bonchev–Trinajstić information content (AvgIpc) is 2.73. The Balaban J connectivity index is 1.59. The Morgan fingerprint density at radius 1 is 1.18 bits per heavy atom. The molecule has 148 valence electrons. The maximum Gasteiger partial charge on any atom is 0.272 e. The molecule has 0 spiro atoms. The van der Waals surface area contributed by atoms with Crippen LogP contribution in [0.2, 0.25) is 0 Å². The van der Waals surface area contributed by atoms with Crippen LogP contribution in [0, 0.1) is 6.92 Å². The molecule has 28 heavy (non-hydrogen) atoms. The standard InChI is InChI=1S/C20H25N5O3/c1-15-22-18(20(27)25-11-9-24(14-26)10-12-25)13-19(23-15)21-8-7-16-3-5-17(28-2)6-4-16/h3-6,13-14H,7-12H2,1-2H3,(H,21,22,23). The molecule has 1 aliphatic heterocycles. The summed E-state index contributed by atoms with van der Waals surface area (Å²) >= 11 is 0. The maximum atomic E-state index is 12.7. The summed E-state index contributed by atoms with van der Waals surface area (Å²) in [6.45, 7) is 4.59. The molecule has 0 aliphatic carbocycles. The highest BCUT2D eigenvalue weighted by Crippen LogP contribution is 2.13. The van der Waals surface area contributed by atoms with E-state index < -0.39 is 0 Å². The Bertz CT molecular complexity index is 817. The molecule has 2 heterocycles. The summed E-state index contributed by atoms with van der Waals surface area (Å²) in [7, 11) is 1.65. The van der Waals surface area contributed by atoms with Gasteiger partial charge in [-0.2, -0.15) is 0 Å². The molecule has 2 aromatic rings. The van der Waals surface area contributed by atoms with E-state index in [0.717, 1.165) is 18.6 Å². The number of rotatable bonds is 7. The van der Waals surface area contributed by atoms with E-state index in [2.05, 4.69) is 15.3 Å². The molecule has 1 aliphatic rings. The average molecular weight is 383 g/mol. The number of nitrogens with zero attached hydrogens (tertiary/aromatic N) is 4. The van der Waals surface area contributed by atoms with E-state index in [9.17, 15) is 9.59 Å². The Morgan fingerprint density at radius 2 is 1.89 bits per heavy atom. The van der Waals surface area contributed by atoms with Crippen LogP contribution < -0.4 is 10.1 Å². The van der Waals surface area contributed by atoms with Gasteiger partial charge in [-0.15, -0.1) is 0 Å². The zero-order chi connectivity index (χ0) is 19.9. The second-order valence-electron chi connectivity index (χ2n) is 6.64. The SMILES string of the molecule is COc1ccc(CCNc2cc(C(=O)N3CCN(C=O)CC3)nc(C)n2)cc1. The summed E-state index contributed by atoms with van der Waals surface area (Å²) in [4.78, 5) is 35.6. The molecule has 8 nitrogen and oxygen atoms in total. The lowest BCUT2D eigenvalue weighted by Crippen LogP contribution is -2.48. The first-order valence-electron chi connectivity index (χ1n) is 9.30. The fraction of sp³-hybridized carbons (Fsp3) is 0.400. The summed E-state index contributed by atoms with van der Waals surface area (Å²) in [6, 6.07) is 9.62. The fourth-order valence-corrected chi connectivity index (χ4v) is 3.09. The van der Waals surface area contributed by atoms with Crippen molar-refractivity contribution in [2.45, 2.75) is 13.3 Å². The van der Waals surface area contributed by atoms with Crippen molar-refractivity contribution in [3.05, 3.63) is 47.4 Å². The van der Waals surface area contributed by atoms with Crippen molar-refractivity contribution in [1.29, 1.82) is 0 Å². The highest BCUT2D eigenvalue weighted by molar-refractivity contribution is 5.93. The third-order valence-electron chi connectivity index (χ3n) is 4.69. The minimum Gasteiger partial charge on any atom is -0.497 e. The van der Waals surface area contributed by atoms with Crippen molar-refractivity contribution in [1.82, 2.24) is 19.8 Å². The zero-order valence-corrected chi connectivity index (χ0v) is 16.2. The number of hydrogen-bond donors (Lipinski definition) is 1. The van der Waals surface area contributed by atoms with Crippen molar-refractivity contribution in [3.63, 3.8) is 0 Å². The van der Waals surface area contributed by atoms with Crippen molar-refractivity contribution in [3.8, 4) is 5.75 Å². The van der Waals surface area contributed by atoms with Gasteiger partial charge in [-0.1, -0.05) is 12.1 Å². The molecule has 3 rings (SSSR count). The van der Waals surface area contributed by atoms with Crippen LogP contribution in [0.25, 0.3) is 0 Å². The van der Waals surface area contributed by atoms with Crippen LogP contribution in [0.15, 0.2) is 30.3 Å². The number of carbonyl (C=O) groups is 2. The molecule has 0 bridgehead atoms. The van der Waals surface area contributed by atoms with Gasteiger partial charge in [0.15, 0.2) is 0 Å². The van der Waals surface area contributed by atoms with Gasteiger partial charge in [-0.3, -0.25) is 9.59 Å². The number of ether oxygens (including phenoxy) is 1. The van der Waals surface area contributed by atoms with Crippen molar-refractivity contribution < 1.29 is 14.3 Å². The molecule has 1 aromatic heterocycles. The number of nitrogens with one attached hydrogen (secondary N) is 1. The first kappa shape index (κ1) is 19.6. The summed E-state index contributed by atoms with van der Waals surface area (Å²) in [5.41, 5.74) is 1.56. The van der Waals surface area contributed by atoms with E-state index >= 15 is 0 Å². The van der Waals surface area contributed by atoms with Gasteiger partial charge in [0.2, 0.25) is 6.41 Å². The number of piperazine rings is 1. The minimum absolute atomic E-state index is 0.130. The molecule has 0 radical (unpaired) electrons. The number of carbonyl (C=O) groups excluding carboxylic acids is 2. The number of aryl methyl sites for hydroxylation is 1. The Kier molecular flexibility index (Phi) is 6.41. The first-order chi connectivity index (χ1) is 13.6. The van der Waals surface area contributed by atoms with Crippen LogP contribution in [0.4, 0.5) is 5.82 Å². The van der Waals surface area contributed by atoms with E-state index in [1.165, 1.54) is 5.56 Å². The molecule has 1 fully saturated rings. The predicted molar refractivity (Wildman–Crippen MR) is 105 cm³/mol. The fourth-order valence-electron chi connectivity index (χ4n) is 3.09. The Labute approximate surface area is 164 Å². The van der Waals surface area contributed by atoms with Crippen LogP contribution >= 0.6 is 0 Å². The van der Waals surface area contributed by atoms with Gasteiger partial charge in [-0.25, -0.2) is 9.97 Å². The summed E-state index contributed by atoms with van der Waals surface area (Å²) in [5.74, 6) is 1.88. The van der Waals surface area contributed by atoms with Crippen LogP contribution in [0.3, 0.4) is 0 Å². The normalized spacial score (nSPS) is 13.9. The number of aromatic nitrogens is 2. The number of benzene rings is 1. The van der Waals surface area contributed by atoms with E-state index in [1.807, 2.05) is 24.3 Å². The van der Waals surface area contributed by atoms with Crippen LogP contribution in [0.5, 0.6) is 5.75 Å². The highest BCUT2D eigenvalue weighted by Gasteiger charge is 2.23. The van der Waals surface area contributed by atoms with Gasteiger partial charge in [0.25, 0.3) is 5.91 Å². The monoisotopic (exact) mass is 383 g/mol. The molecule has 2 amide bonds. The van der Waals surface area contributed by atoms with Crippen molar-refractivity contribution >= 4 is 18.1 Å². The molecule has 1 N–H and O–H groups in total. The molecule has 0 unspecified atom stereocenters. The largest absolute Gasteiger partial charge is 0.497 e. The Morgan fingerprint density at radius 3 is 2.54 bits per heavy atom. The zero-order valence-electron chi connectivity index (χ0n) is 16.2. The number of anilines is 1. The second-order valence-corrected chi connectivity index (χ2v) is 6.64. The third kappa shape index (κ3) is 4.97. The maximum absolute atomic E-state index is 12.7. The van der Waals surface area contributed by atoms with Crippen molar-refractivity contribution in [2.75, 3.05) is 45.2 Å². The van der Waals surface area contributed by atoms with E-state index in [1.54, 1.807) is 29.9 Å². The van der Waals surface area contributed by atoms with Gasteiger partial charge in [0.1, 0.15) is 23.1 Å². The van der Waals surface area contributed by atoms with Gasteiger partial charge in [0.05, 0.1) is 7.11 Å². The molecular formula is C20H25N5O3. The van der Waals surface area contributed by atoms with E-state index in [0.29, 0.717) is 50.1 Å². The van der Waals surface area contributed by atoms with Gasteiger partial charge in [0, 0.05) is 38.8 Å². The molecule has 0 saturated carbocycles. The molecule has 1 aromatic carbocycles. The summed E-state index contributed by atoms with van der Waals surface area (Å²) in [6.07, 6.45) is 1.64. The smallest absolute Gasteiger partial charge is 0.272 e. The second kappa shape index (κ2) is 9.16. The summed E-state index contributed by atoms with van der Waals surface area (Å²) in [5, 5.41) is 3.27. The lowest BCUT2D eigenvalue weighted by Gasteiger charge is -2.32. The quantitative estimate of drug-likeness (QED) is 0.727. The molecule has 1 saturated heterocycles. The van der Waals surface area contributed by atoms with Crippen LogP contribution in [-0.4, -0.2) is 71.9 Å². The minimum atomic E-state index is -0.130. The highest BCUT2D eigenvalue weighted by atomic mass is 16.5. The predicted octanol–water partition coefficient (Wildman–Crippen LogP) is 1.36. The number of amides is 2. The van der Waals surface area contributed by atoms with Crippen LogP contribution in [-0.2, 0) is 11.2 Å². The molecular weight excluding hydrogens is 358 g/mol. The third-order valence-corrected chi connectivity index (χ3v) is 4.69. The first-order valence-corrected chi connectivity index (χ1v) is 9.30. The van der Waals surface area contributed by atoms with E-state index in [4.69, 9.17) is 4.74 Å². The molecule has 0 atom stereocenters. The summed E-state index contributed by atoms with van der Waals surface area (Å²) < 4.78 is 5.17. The number of hydrogen-bond acceptors (Lipinski definition) is 6. The molecule has 8 heteroatoms. The van der Waals surface area contributed by atoms with Crippen LogP contribution in [0.1, 0.15) is 21.9 Å². The van der Waals surface area contributed by atoms with E-state index in [-0.39, 0.29) is 5.91 Å². The topological polar surface area (TPSA) is 87.7 Å².